The summed E-state index contributed by atoms with van der Waals surface area (Å²) in [4.78, 5) is 23.0. The van der Waals surface area contributed by atoms with Crippen molar-refractivity contribution in [3.05, 3.63) is 83.1 Å². The van der Waals surface area contributed by atoms with E-state index >= 15 is 0 Å². The molecule has 2 N–H and O–H groups in total. The number of aliphatic imine (C=N–C) groups is 1. The number of carbonyl (C=O) groups excluding carboxylic acids is 1. The Morgan fingerprint density at radius 1 is 0.923 bits per heavy atom. The fourth-order valence-electron chi connectivity index (χ4n) is 6.59. The Bertz CT molecular complexity index is 1110. The van der Waals surface area contributed by atoms with Crippen LogP contribution in [-0.2, 0) is 4.79 Å². The number of likely N-dealkylation sites (tertiary alicyclic amines) is 1. The smallest absolute Gasteiger partial charge is 0.257 e. The first-order valence-corrected chi connectivity index (χ1v) is 15.3. The summed E-state index contributed by atoms with van der Waals surface area (Å²) in [6.07, 6.45) is 10.3. The molecule has 1 aliphatic carbocycles. The highest BCUT2D eigenvalue weighted by atomic mass is 16.2. The number of amides is 1. The van der Waals surface area contributed by atoms with Gasteiger partial charge < -0.3 is 10.6 Å². The monoisotopic (exact) mass is 526 g/mol. The molecule has 2 aromatic rings. The van der Waals surface area contributed by atoms with Gasteiger partial charge in [-0.3, -0.25) is 9.69 Å². The number of piperidine rings is 1. The second kappa shape index (κ2) is 12.4. The Morgan fingerprint density at radius 2 is 1.46 bits per heavy atom. The van der Waals surface area contributed by atoms with E-state index in [1.807, 2.05) is 4.90 Å². The van der Waals surface area contributed by atoms with E-state index in [9.17, 15) is 4.79 Å². The summed E-state index contributed by atoms with van der Waals surface area (Å²) in [5.41, 5.74) is 11.7. The number of guanidine groups is 1. The number of carbonyl (C=O) groups is 1. The number of nitrogens with zero attached hydrogens (tertiary/aromatic N) is 3. The normalized spacial score (nSPS) is 19.1. The van der Waals surface area contributed by atoms with Crippen molar-refractivity contribution in [2.75, 3.05) is 19.6 Å². The molecule has 1 amide bonds. The first-order chi connectivity index (χ1) is 19.1. The quantitative estimate of drug-likeness (QED) is 0.329. The molecule has 5 nitrogen and oxygen atoms in total. The molecule has 208 valence electrons. The highest BCUT2D eigenvalue weighted by Gasteiger charge is 2.47. The topological polar surface area (TPSA) is 61.9 Å². The molecular weight excluding hydrogens is 480 g/mol. The SMILES string of the molecule is CCCCC1(CCCC)N=C(N)N(CC2CCN(C(=C3CC3)C(c3ccccc3)c3ccccc3)CC2)C1=O. The van der Waals surface area contributed by atoms with E-state index in [0.717, 1.165) is 64.5 Å². The van der Waals surface area contributed by atoms with E-state index in [2.05, 4.69) is 79.4 Å². The summed E-state index contributed by atoms with van der Waals surface area (Å²) in [7, 11) is 0. The average molecular weight is 527 g/mol. The molecule has 2 heterocycles. The number of nitrogens with two attached hydrogens (primary N) is 1. The van der Waals surface area contributed by atoms with Gasteiger partial charge in [0.1, 0.15) is 5.54 Å². The molecule has 0 spiro atoms. The van der Waals surface area contributed by atoms with Crippen LogP contribution < -0.4 is 5.73 Å². The van der Waals surface area contributed by atoms with Crippen molar-refractivity contribution in [1.29, 1.82) is 0 Å². The third kappa shape index (κ3) is 6.08. The van der Waals surface area contributed by atoms with Crippen molar-refractivity contribution < 1.29 is 4.79 Å². The molecule has 1 saturated heterocycles. The van der Waals surface area contributed by atoms with E-state index in [4.69, 9.17) is 10.7 Å². The van der Waals surface area contributed by atoms with Crippen LogP contribution in [0.15, 0.2) is 76.9 Å². The number of hydrogen-bond donors (Lipinski definition) is 1. The van der Waals surface area contributed by atoms with E-state index in [0.29, 0.717) is 18.4 Å². The number of hydrogen-bond acceptors (Lipinski definition) is 4. The summed E-state index contributed by atoms with van der Waals surface area (Å²) < 4.78 is 0. The lowest BCUT2D eigenvalue weighted by atomic mass is 9.85. The standard InChI is InChI=1S/C34H46N4O/c1-3-5-21-34(22-6-4-2)32(39)38(33(35)36-34)25-26-19-23-37(24-20-26)31(29-17-18-29)30(27-13-9-7-10-14-27)28-15-11-8-12-16-28/h7-16,26,30H,3-6,17-25H2,1-2H3,(H2,35,36). The summed E-state index contributed by atoms with van der Waals surface area (Å²) in [5, 5.41) is 0. The minimum atomic E-state index is -0.626. The van der Waals surface area contributed by atoms with Crippen molar-refractivity contribution >= 4 is 11.9 Å². The molecule has 2 fully saturated rings. The third-order valence-electron chi connectivity index (χ3n) is 8.93. The van der Waals surface area contributed by atoms with E-state index in [-0.39, 0.29) is 11.8 Å². The van der Waals surface area contributed by atoms with Gasteiger partial charge in [0, 0.05) is 31.2 Å². The zero-order valence-corrected chi connectivity index (χ0v) is 23.9. The molecule has 0 radical (unpaired) electrons. The van der Waals surface area contributed by atoms with E-state index in [1.165, 1.54) is 29.7 Å². The lowest BCUT2D eigenvalue weighted by molar-refractivity contribution is -0.132. The van der Waals surface area contributed by atoms with Crippen LogP contribution in [0.25, 0.3) is 0 Å². The largest absolute Gasteiger partial charge is 0.374 e. The van der Waals surface area contributed by atoms with Crippen molar-refractivity contribution in [3.8, 4) is 0 Å². The van der Waals surface area contributed by atoms with Gasteiger partial charge in [0.25, 0.3) is 5.91 Å². The molecule has 0 unspecified atom stereocenters. The second-order valence-corrected chi connectivity index (χ2v) is 11.8. The molecule has 5 heteroatoms. The average Bonchev–Trinajstić information content (AvgIpc) is 3.79. The summed E-state index contributed by atoms with van der Waals surface area (Å²) in [5.74, 6) is 1.31. The second-order valence-electron chi connectivity index (χ2n) is 11.8. The predicted octanol–water partition coefficient (Wildman–Crippen LogP) is 6.85. The van der Waals surface area contributed by atoms with Gasteiger partial charge in [-0.05, 0) is 61.1 Å². The molecule has 0 aromatic heterocycles. The number of benzene rings is 2. The molecule has 1 saturated carbocycles. The van der Waals surface area contributed by atoms with Crippen LogP contribution >= 0.6 is 0 Å². The highest BCUT2D eigenvalue weighted by molar-refractivity contribution is 6.06. The molecule has 0 bridgehead atoms. The fourth-order valence-corrected chi connectivity index (χ4v) is 6.59. The van der Waals surface area contributed by atoms with Crippen LogP contribution in [0.5, 0.6) is 0 Å². The van der Waals surface area contributed by atoms with Crippen molar-refractivity contribution in [1.82, 2.24) is 9.80 Å². The van der Waals surface area contributed by atoms with Crippen LogP contribution in [0.1, 0.15) is 95.1 Å². The first-order valence-electron chi connectivity index (χ1n) is 15.3. The summed E-state index contributed by atoms with van der Waals surface area (Å²) in [6, 6.07) is 22.0. The van der Waals surface area contributed by atoms with Gasteiger partial charge in [-0.2, -0.15) is 0 Å². The number of allylic oxidation sites excluding steroid dienone is 2. The van der Waals surface area contributed by atoms with Crippen molar-refractivity contribution in [3.63, 3.8) is 0 Å². The van der Waals surface area contributed by atoms with Gasteiger partial charge in [-0.1, -0.05) is 100 Å². The Kier molecular flexibility index (Phi) is 8.74. The lowest BCUT2D eigenvalue weighted by Gasteiger charge is -2.39. The van der Waals surface area contributed by atoms with Crippen LogP contribution in [0.2, 0.25) is 0 Å². The maximum Gasteiger partial charge on any atom is 0.257 e. The predicted molar refractivity (Wildman–Crippen MR) is 160 cm³/mol. The van der Waals surface area contributed by atoms with Gasteiger partial charge in [0.05, 0.1) is 0 Å². The van der Waals surface area contributed by atoms with Gasteiger partial charge in [-0.15, -0.1) is 0 Å². The molecule has 39 heavy (non-hydrogen) atoms. The van der Waals surface area contributed by atoms with Crippen molar-refractivity contribution in [2.24, 2.45) is 16.6 Å². The molecule has 2 aliphatic heterocycles. The lowest BCUT2D eigenvalue weighted by Crippen LogP contribution is -2.48. The Balaban J connectivity index is 1.29. The molecule has 3 aliphatic rings. The first kappa shape index (κ1) is 27.5. The molecule has 5 rings (SSSR count). The van der Waals surface area contributed by atoms with Gasteiger partial charge in [0.2, 0.25) is 0 Å². The van der Waals surface area contributed by atoms with Crippen LogP contribution in [0, 0.1) is 5.92 Å². The maximum absolute atomic E-state index is 13.7. The fraction of sp³-hybridized carbons (Fsp3) is 0.529. The van der Waals surface area contributed by atoms with Crippen molar-refractivity contribution in [2.45, 2.75) is 89.5 Å². The van der Waals surface area contributed by atoms with Crippen LogP contribution in [-0.4, -0.2) is 46.8 Å². The summed E-state index contributed by atoms with van der Waals surface area (Å²) in [6.45, 7) is 7.10. The Hall–Kier alpha value is -3.08. The highest BCUT2D eigenvalue weighted by Crippen LogP contribution is 2.44. The molecule has 2 aromatic carbocycles. The zero-order chi connectivity index (χ0) is 27.2. The van der Waals surface area contributed by atoms with Gasteiger partial charge >= 0.3 is 0 Å². The van der Waals surface area contributed by atoms with E-state index in [1.54, 1.807) is 5.57 Å². The Labute approximate surface area is 235 Å². The Morgan fingerprint density at radius 3 is 1.95 bits per heavy atom. The van der Waals surface area contributed by atoms with Gasteiger partial charge in [0.15, 0.2) is 5.96 Å². The minimum Gasteiger partial charge on any atom is -0.374 e. The van der Waals surface area contributed by atoms with Gasteiger partial charge in [-0.25, -0.2) is 4.99 Å². The molecular formula is C34H46N4O. The maximum atomic E-state index is 13.7. The third-order valence-corrected chi connectivity index (χ3v) is 8.93. The van der Waals surface area contributed by atoms with Crippen LogP contribution in [0.4, 0.5) is 0 Å². The van der Waals surface area contributed by atoms with E-state index < -0.39 is 5.54 Å². The number of unbranched alkanes of at least 4 members (excludes halogenated alkanes) is 2. The summed E-state index contributed by atoms with van der Waals surface area (Å²) >= 11 is 0. The number of rotatable bonds is 12. The van der Waals surface area contributed by atoms with Crippen LogP contribution in [0.3, 0.4) is 0 Å². The zero-order valence-electron chi connectivity index (χ0n) is 23.9. The molecule has 0 atom stereocenters. The minimum absolute atomic E-state index is 0.151.